The van der Waals surface area contributed by atoms with Crippen LogP contribution in [0.15, 0.2) is 0 Å². The molecule has 75 valence electrons. The largest absolute Gasteiger partial charge is 0.481 e. The summed E-state index contributed by atoms with van der Waals surface area (Å²) >= 11 is 0. The Kier molecular flexibility index (Phi) is 6.75. The molecule has 0 saturated heterocycles. The molecule has 14 heavy (non-hydrogen) atoms. The van der Waals surface area contributed by atoms with Crippen molar-refractivity contribution in [3.63, 3.8) is 0 Å². The molecule has 0 aromatic rings. The molecule has 0 aromatic carbocycles. The van der Waals surface area contributed by atoms with Crippen molar-refractivity contribution < 1.29 is 34.8 Å². The third-order valence-corrected chi connectivity index (χ3v) is 1.29. The van der Waals surface area contributed by atoms with Gasteiger partial charge in [-0.25, -0.2) is 4.79 Å². The van der Waals surface area contributed by atoms with Gasteiger partial charge in [0.1, 0.15) is 0 Å². The molecule has 1 radical (unpaired) electrons. The van der Waals surface area contributed by atoms with E-state index in [0.717, 1.165) is 0 Å². The van der Waals surface area contributed by atoms with Crippen molar-refractivity contribution >= 4 is 47.5 Å². The summed E-state index contributed by atoms with van der Waals surface area (Å²) < 4.78 is 0. The van der Waals surface area contributed by atoms with Gasteiger partial charge in [0.15, 0.2) is 5.60 Å². The minimum absolute atomic E-state index is 0. The van der Waals surface area contributed by atoms with Gasteiger partial charge in [-0.15, -0.1) is 0 Å². The standard InChI is InChI=1S/C6H8O7.Na/c7-3(8)1-6(13,5(11)12)2-4(9)10;/h13H,1-2H2,(H,7,8)(H,9,10)(H,11,12);. The number of carboxylic acid groups (broad SMARTS) is 3. The van der Waals surface area contributed by atoms with Crippen LogP contribution >= 0.6 is 0 Å². The van der Waals surface area contributed by atoms with Crippen molar-refractivity contribution in [1.82, 2.24) is 0 Å². The summed E-state index contributed by atoms with van der Waals surface area (Å²) in [5.74, 6) is -5.02. The molecule has 0 bridgehead atoms. The third-order valence-electron chi connectivity index (χ3n) is 1.29. The zero-order valence-electron chi connectivity index (χ0n) is 7.43. The Balaban J connectivity index is 0. The van der Waals surface area contributed by atoms with E-state index in [9.17, 15) is 14.4 Å². The number of aliphatic hydroxyl groups is 1. The smallest absolute Gasteiger partial charge is 0.336 e. The number of hydrogen-bond acceptors (Lipinski definition) is 4. The van der Waals surface area contributed by atoms with Crippen LogP contribution in [-0.4, -0.2) is 73.5 Å². The van der Waals surface area contributed by atoms with E-state index in [4.69, 9.17) is 20.4 Å². The van der Waals surface area contributed by atoms with Gasteiger partial charge in [-0.1, -0.05) is 0 Å². The topological polar surface area (TPSA) is 132 Å². The molecule has 0 unspecified atom stereocenters. The summed E-state index contributed by atoms with van der Waals surface area (Å²) in [6, 6.07) is 0. The summed E-state index contributed by atoms with van der Waals surface area (Å²) in [6.07, 6.45) is -2.29. The molecule has 0 aliphatic rings. The van der Waals surface area contributed by atoms with Gasteiger partial charge in [0.05, 0.1) is 12.8 Å². The van der Waals surface area contributed by atoms with Crippen molar-refractivity contribution in [1.29, 1.82) is 0 Å². The van der Waals surface area contributed by atoms with Gasteiger partial charge >= 0.3 is 17.9 Å². The second-order valence-electron chi connectivity index (χ2n) is 2.48. The number of carbonyl (C=O) groups is 3. The molecule has 0 saturated carbocycles. The van der Waals surface area contributed by atoms with Crippen LogP contribution in [0, 0.1) is 0 Å². The quantitative estimate of drug-likeness (QED) is 0.404. The molecule has 0 atom stereocenters. The van der Waals surface area contributed by atoms with Crippen LogP contribution in [0.3, 0.4) is 0 Å². The van der Waals surface area contributed by atoms with E-state index < -0.39 is 36.4 Å². The van der Waals surface area contributed by atoms with Crippen LogP contribution in [0.1, 0.15) is 12.8 Å². The Labute approximate surface area is 101 Å². The van der Waals surface area contributed by atoms with Crippen LogP contribution in [-0.2, 0) is 14.4 Å². The van der Waals surface area contributed by atoms with Gasteiger partial charge < -0.3 is 20.4 Å². The van der Waals surface area contributed by atoms with Crippen molar-refractivity contribution in [2.75, 3.05) is 0 Å². The van der Waals surface area contributed by atoms with Crippen LogP contribution in [0.5, 0.6) is 0 Å². The van der Waals surface area contributed by atoms with Gasteiger partial charge in [-0.2, -0.15) is 0 Å². The summed E-state index contributed by atoms with van der Waals surface area (Å²) in [5.41, 5.74) is -2.74. The molecule has 0 amide bonds. The number of carboxylic acids is 3. The van der Waals surface area contributed by atoms with E-state index in [-0.39, 0.29) is 29.6 Å². The molecule has 7 nitrogen and oxygen atoms in total. The predicted molar refractivity (Wildman–Crippen MR) is 42.8 cm³/mol. The molecule has 0 aliphatic carbocycles. The van der Waals surface area contributed by atoms with E-state index in [2.05, 4.69) is 0 Å². The van der Waals surface area contributed by atoms with E-state index >= 15 is 0 Å². The van der Waals surface area contributed by atoms with E-state index in [1.54, 1.807) is 0 Å². The Morgan fingerprint density at radius 2 is 1.21 bits per heavy atom. The summed E-state index contributed by atoms with van der Waals surface area (Å²) in [6.45, 7) is 0. The van der Waals surface area contributed by atoms with E-state index in [1.165, 1.54) is 0 Å². The van der Waals surface area contributed by atoms with Gasteiger partial charge in [0, 0.05) is 29.6 Å². The SMILES string of the molecule is O=C(O)CC(O)(CC(=O)O)C(=O)O.[Na]. The first kappa shape index (κ1) is 15.8. The molecule has 4 N–H and O–H groups in total. The normalized spacial score (nSPS) is 10.1. The maximum absolute atomic E-state index is 10.3. The summed E-state index contributed by atoms with van der Waals surface area (Å²) in [7, 11) is 0. The van der Waals surface area contributed by atoms with Crippen LogP contribution in [0.2, 0.25) is 0 Å². The number of aliphatic carboxylic acids is 3. The van der Waals surface area contributed by atoms with E-state index in [0.29, 0.717) is 0 Å². The minimum atomic E-state index is -2.74. The average Bonchev–Trinajstić information content (AvgIpc) is 1.82. The summed E-state index contributed by atoms with van der Waals surface area (Å²) in [5, 5.41) is 33.8. The minimum Gasteiger partial charge on any atom is -0.481 e. The molecule has 0 aliphatic heterocycles. The monoisotopic (exact) mass is 215 g/mol. The number of hydrogen-bond donors (Lipinski definition) is 4. The predicted octanol–water partition coefficient (Wildman–Crippen LogP) is -1.63. The first-order chi connectivity index (χ1) is 5.78. The van der Waals surface area contributed by atoms with Crippen molar-refractivity contribution in [3.05, 3.63) is 0 Å². The summed E-state index contributed by atoms with van der Waals surface area (Å²) in [4.78, 5) is 30.5. The maximum atomic E-state index is 10.3. The Morgan fingerprint density at radius 1 is 0.929 bits per heavy atom. The molecule has 8 heteroatoms. The third kappa shape index (κ3) is 5.18. The molecule has 0 fully saturated rings. The molecular formula is C6H8NaO7. The average molecular weight is 215 g/mol. The first-order valence-corrected chi connectivity index (χ1v) is 3.17. The fourth-order valence-corrected chi connectivity index (χ4v) is 0.714. The van der Waals surface area contributed by atoms with Crippen molar-refractivity contribution in [2.45, 2.75) is 18.4 Å². The molecule has 0 spiro atoms. The first-order valence-electron chi connectivity index (χ1n) is 3.17. The van der Waals surface area contributed by atoms with Crippen LogP contribution < -0.4 is 0 Å². The Hall–Kier alpha value is -0.630. The van der Waals surface area contributed by atoms with Crippen LogP contribution in [0.25, 0.3) is 0 Å². The zero-order chi connectivity index (χ0) is 10.6. The zero-order valence-corrected chi connectivity index (χ0v) is 9.43. The molecule has 0 rings (SSSR count). The van der Waals surface area contributed by atoms with Crippen LogP contribution in [0.4, 0.5) is 0 Å². The Morgan fingerprint density at radius 3 is 1.36 bits per heavy atom. The molecule has 0 heterocycles. The Bertz CT molecular complexity index is 233. The van der Waals surface area contributed by atoms with Crippen molar-refractivity contribution in [2.24, 2.45) is 0 Å². The van der Waals surface area contributed by atoms with Gasteiger partial charge in [0.25, 0.3) is 0 Å². The number of rotatable bonds is 5. The fourth-order valence-electron chi connectivity index (χ4n) is 0.714. The maximum Gasteiger partial charge on any atom is 0.336 e. The fraction of sp³-hybridized carbons (Fsp3) is 0.500. The molecule has 0 aromatic heterocycles. The van der Waals surface area contributed by atoms with Gasteiger partial charge in [-0.05, 0) is 0 Å². The van der Waals surface area contributed by atoms with E-state index in [1.807, 2.05) is 0 Å². The second-order valence-corrected chi connectivity index (χ2v) is 2.48. The second kappa shape index (κ2) is 5.97. The molecular weight excluding hydrogens is 207 g/mol. The van der Waals surface area contributed by atoms with Gasteiger partial charge in [0.2, 0.25) is 0 Å². The van der Waals surface area contributed by atoms with Crippen molar-refractivity contribution in [3.8, 4) is 0 Å². The van der Waals surface area contributed by atoms with Gasteiger partial charge in [-0.3, -0.25) is 9.59 Å².